The fourth-order valence-electron chi connectivity index (χ4n) is 4.04. The van der Waals surface area contributed by atoms with Crippen LogP contribution in [0.4, 0.5) is 15.3 Å². The van der Waals surface area contributed by atoms with Crippen LogP contribution in [0.3, 0.4) is 0 Å². The van der Waals surface area contributed by atoms with Gasteiger partial charge in [0.05, 0.1) is 0 Å². The third-order valence-corrected chi connectivity index (χ3v) is 5.80. The fraction of sp³-hybridized carbons (Fsp3) is 0.458. The molecule has 31 heavy (non-hydrogen) atoms. The maximum Gasteiger partial charge on any atom is 0.410 e. The van der Waals surface area contributed by atoms with E-state index in [0.717, 1.165) is 12.1 Å². The number of pyridine rings is 1. The molecule has 0 saturated carbocycles. The molecule has 2 aliphatic rings. The molecule has 2 aliphatic heterocycles. The number of hydrogen-bond donors (Lipinski definition) is 1. The molecule has 7 nitrogen and oxygen atoms in total. The lowest BCUT2D eigenvalue weighted by atomic mass is 9.93. The van der Waals surface area contributed by atoms with E-state index in [0.29, 0.717) is 32.1 Å². The van der Waals surface area contributed by atoms with Gasteiger partial charge in [-0.05, 0) is 56.5 Å². The Hall–Kier alpha value is -3.09. The van der Waals surface area contributed by atoms with Crippen LogP contribution in [0.1, 0.15) is 50.2 Å². The molecule has 1 N–H and O–H groups in total. The highest BCUT2D eigenvalue weighted by Crippen LogP contribution is 2.30. The Morgan fingerprint density at radius 2 is 1.71 bits per heavy atom. The first kappa shape index (κ1) is 21.2. The number of urea groups is 1. The zero-order chi connectivity index (χ0) is 22.0. The van der Waals surface area contributed by atoms with Gasteiger partial charge >= 0.3 is 12.1 Å². The Balaban J connectivity index is 1.26. The van der Waals surface area contributed by atoms with Gasteiger partial charge in [-0.15, -0.1) is 0 Å². The summed E-state index contributed by atoms with van der Waals surface area (Å²) in [6.07, 6.45) is 4.29. The third-order valence-electron chi connectivity index (χ3n) is 5.80. The number of rotatable bonds is 3. The first-order chi connectivity index (χ1) is 14.8. The van der Waals surface area contributed by atoms with Gasteiger partial charge in [-0.3, -0.25) is 4.98 Å². The predicted molar refractivity (Wildman–Crippen MR) is 119 cm³/mol. The molecule has 2 aromatic rings. The van der Waals surface area contributed by atoms with Crippen molar-refractivity contribution in [3.8, 4) is 0 Å². The molecule has 2 saturated heterocycles. The van der Waals surface area contributed by atoms with Crippen molar-refractivity contribution in [1.29, 1.82) is 0 Å². The van der Waals surface area contributed by atoms with Gasteiger partial charge in [-0.2, -0.15) is 0 Å². The van der Waals surface area contributed by atoms with Crippen LogP contribution in [0.5, 0.6) is 0 Å². The topological polar surface area (TPSA) is 74.8 Å². The van der Waals surface area contributed by atoms with E-state index in [2.05, 4.69) is 16.4 Å². The SMILES string of the molecule is CC(C)(C)OC(=O)N1CCC(c2ccc(NC(=O)N3CC(c4cccnc4)C3)cc2)C1. The molecule has 1 aromatic carbocycles. The molecule has 3 amide bonds. The number of carbonyl (C=O) groups is 2. The average molecular weight is 423 g/mol. The van der Waals surface area contributed by atoms with Crippen molar-refractivity contribution in [2.75, 3.05) is 31.5 Å². The highest BCUT2D eigenvalue weighted by atomic mass is 16.6. The Morgan fingerprint density at radius 3 is 2.35 bits per heavy atom. The van der Waals surface area contributed by atoms with Crippen LogP contribution in [0.15, 0.2) is 48.8 Å². The molecular formula is C24H30N4O3. The van der Waals surface area contributed by atoms with Gasteiger partial charge in [0.15, 0.2) is 0 Å². The Labute approximate surface area is 183 Å². The monoisotopic (exact) mass is 422 g/mol. The highest BCUT2D eigenvalue weighted by Gasteiger charge is 2.32. The van der Waals surface area contributed by atoms with E-state index in [1.807, 2.05) is 57.3 Å². The predicted octanol–water partition coefficient (Wildman–Crippen LogP) is 4.44. The molecule has 0 bridgehead atoms. The van der Waals surface area contributed by atoms with Crippen LogP contribution >= 0.6 is 0 Å². The molecule has 1 unspecified atom stereocenters. The van der Waals surface area contributed by atoms with Gasteiger partial charge in [-0.1, -0.05) is 18.2 Å². The zero-order valence-corrected chi connectivity index (χ0v) is 18.4. The molecule has 0 aliphatic carbocycles. The van der Waals surface area contributed by atoms with E-state index in [4.69, 9.17) is 4.74 Å². The third kappa shape index (κ3) is 5.16. The zero-order valence-electron chi connectivity index (χ0n) is 18.4. The van der Waals surface area contributed by atoms with Crippen molar-refractivity contribution in [1.82, 2.24) is 14.8 Å². The van der Waals surface area contributed by atoms with Gasteiger partial charge in [0.25, 0.3) is 0 Å². The summed E-state index contributed by atoms with van der Waals surface area (Å²) in [7, 11) is 0. The van der Waals surface area contributed by atoms with Crippen LogP contribution in [0.2, 0.25) is 0 Å². The number of amides is 3. The van der Waals surface area contributed by atoms with Crippen LogP contribution < -0.4 is 5.32 Å². The largest absolute Gasteiger partial charge is 0.444 e. The molecule has 2 fully saturated rings. The van der Waals surface area contributed by atoms with Gasteiger partial charge < -0.3 is 19.9 Å². The minimum atomic E-state index is -0.483. The maximum atomic E-state index is 12.5. The smallest absolute Gasteiger partial charge is 0.410 e. The van der Waals surface area contributed by atoms with Crippen molar-refractivity contribution < 1.29 is 14.3 Å². The van der Waals surface area contributed by atoms with Crippen LogP contribution in [0.25, 0.3) is 0 Å². The van der Waals surface area contributed by atoms with E-state index < -0.39 is 5.60 Å². The first-order valence-electron chi connectivity index (χ1n) is 10.8. The van der Waals surface area contributed by atoms with Gasteiger partial charge in [-0.25, -0.2) is 9.59 Å². The van der Waals surface area contributed by atoms with Gasteiger partial charge in [0.1, 0.15) is 5.60 Å². The summed E-state index contributed by atoms with van der Waals surface area (Å²) in [5, 5.41) is 2.97. The summed E-state index contributed by atoms with van der Waals surface area (Å²) < 4.78 is 5.47. The summed E-state index contributed by atoms with van der Waals surface area (Å²) in [5.74, 6) is 0.644. The lowest BCUT2D eigenvalue weighted by Gasteiger charge is -2.39. The number of benzene rings is 1. The van der Waals surface area contributed by atoms with E-state index in [1.54, 1.807) is 16.0 Å². The van der Waals surface area contributed by atoms with Gasteiger partial charge in [0, 0.05) is 56.1 Å². The first-order valence-corrected chi connectivity index (χ1v) is 10.8. The fourth-order valence-corrected chi connectivity index (χ4v) is 4.04. The summed E-state index contributed by atoms with van der Waals surface area (Å²) in [6, 6.07) is 11.8. The second-order valence-corrected chi connectivity index (χ2v) is 9.35. The number of nitrogens with zero attached hydrogens (tertiary/aromatic N) is 3. The number of hydrogen-bond acceptors (Lipinski definition) is 4. The summed E-state index contributed by atoms with van der Waals surface area (Å²) in [6.45, 7) is 8.41. The van der Waals surface area contributed by atoms with Crippen molar-refractivity contribution in [3.63, 3.8) is 0 Å². The van der Waals surface area contributed by atoms with Crippen molar-refractivity contribution in [2.45, 2.75) is 44.6 Å². The average Bonchev–Trinajstić information content (AvgIpc) is 3.17. The summed E-state index contributed by atoms with van der Waals surface area (Å²) in [4.78, 5) is 32.5. The molecule has 0 radical (unpaired) electrons. The van der Waals surface area contributed by atoms with Gasteiger partial charge in [0.2, 0.25) is 0 Å². The molecule has 0 spiro atoms. The molecule has 164 valence electrons. The number of aromatic nitrogens is 1. The maximum absolute atomic E-state index is 12.5. The van der Waals surface area contributed by atoms with E-state index in [1.165, 1.54) is 11.1 Å². The minimum Gasteiger partial charge on any atom is -0.444 e. The molecule has 7 heteroatoms. The molecule has 1 aromatic heterocycles. The minimum absolute atomic E-state index is 0.0788. The molecule has 1 atom stereocenters. The number of ether oxygens (including phenoxy) is 1. The number of anilines is 1. The Morgan fingerprint density at radius 1 is 1.00 bits per heavy atom. The normalized spacial score (nSPS) is 19.1. The Bertz CT molecular complexity index is 918. The van der Waals surface area contributed by atoms with Crippen LogP contribution in [-0.4, -0.2) is 58.7 Å². The number of carbonyl (C=O) groups excluding carboxylic acids is 2. The lowest BCUT2D eigenvalue weighted by Crippen LogP contribution is -2.50. The van der Waals surface area contributed by atoms with Crippen molar-refractivity contribution in [3.05, 3.63) is 59.9 Å². The second kappa shape index (κ2) is 8.57. The van der Waals surface area contributed by atoms with E-state index in [-0.39, 0.29) is 18.0 Å². The number of nitrogens with one attached hydrogen (secondary N) is 1. The quantitative estimate of drug-likeness (QED) is 0.794. The van der Waals surface area contributed by atoms with E-state index in [9.17, 15) is 9.59 Å². The van der Waals surface area contributed by atoms with Crippen molar-refractivity contribution >= 4 is 17.8 Å². The molecule has 3 heterocycles. The highest BCUT2D eigenvalue weighted by molar-refractivity contribution is 5.90. The molecular weight excluding hydrogens is 392 g/mol. The standard InChI is InChI=1S/C24H30N4O3/c1-24(2,3)31-23(30)27-12-10-19(14-27)17-6-8-21(9-7-17)26-22(29)28-15-20(16-28)18-5-4-11-25-13-18/h4-9,11,13,19-20H,10,12,14-16H2,1-3H3,(H,26,29). The van der Waals surface area contributed by atoms with Crippen molar-refractivity contribution in [2.24, 2.45) is 0 Å². The molecule has 4 rings (SSSR count). The summed E-state index contributed by atoms with van der Waals surface area (Å²) >= 11 is 0. The summed E-state index contributed by atoms with van der Waals surface area (Å²) in [5.41, 5.74) is 2.64. The number of likely N-dealkylation sites (tertiary alicyclic amines) is 2. The second-order valence-electron chi connectivity index (χ2n) is 9.35. The van der Waals surface area contributed by atoms with Crippen LogP contribution in [-0.2, 0) is 4.74 Å². The Kier molecular flexibility index (Phi) is 5.85. The lowest BCUT2D eigenvalue weighted by molar-refractivity contribution is 0.0292. The van der Waals surface area contributed by atoms with E-state index >= 15 is 0 Å². The van der Waals surface area contributed by atoms with Crippen LogP contribution in [0, 0.1) is 0 Å².